The Balaban J connectivity index is 1.41. The second kappa shape index (κ2) is 22.1. The van der Waals surface area contributed by atoms with Crippen LogP contribution in [0.25, 0.3) is 67.6 Å². The molecule has 0 spiro atoms. The second-order valence-electron chi connectivity index (χ2n) is 21.9. The van der Waals surface area contributed by atoms with Gasteiger partial charge < -0.3 is 34.8 Å². The second-order valence-corrected chi connectivity index (χ2v) is 21.9. The van der Waals surface area contributed by atoms with E-state index in [9.17, 15) is 19.2 Å². The number of nitrogens with one attached hydrogen (secondary N) is 4. The molecule has 0 radical (unpaired) electrons. The van der Waals surface area contributed by atoms with Gasteiger partial charge in [-0.2, -0.15) is 0 Å². The summed E-state index contributed by atoms with van der Waals surface area (Å²) >= 11 is 0. The minimum Gasteiger partial charge on any atom is -0.492 e. The normalized spacial score (nSPS) is 13.2. The molecular formula is C66H68N6O8. The summed E-state index contributed by atoms with van der Waals surface area (Å²) in [6.07, 6.45) is 4.59. The summed E-state index contributed by atoms with van der Waals surface area (Å²) in [5, 5.41) is 6.79. The highest BCUT2D eigenvalue weighted by Gasteiger charge is 2.33. The highest BCUT2D eigenvalue weighted by Crippen LogP contribution is 2.43. The lowest BCUT2D eigenvalue weighted by Crippen LogP contribution is -2.17. The van der Waals surface area contributed by atoms with E-state index in [2.05, 4.69) is 78.6 Å². The van der Waals surface area contributed by atoms with Gasteiger partial charge in [0, 0.05) is 68.3 Å². The fourth-order valence-electron chi connectivity index (χ4n) is 11.3. The molecule has 8 bridgehead atoms. The molecule has 7 aromatic rings. The molecule has 2 aliphatic rings. The predicted molar refractivity (Wildman–Crippen MR) is 317 cm³/mol. The molecule has 14 heteroatoms. The van der Waals surface area contributed by atoms with E-state index in [1.165, 1.54) is 0 Å². The Morgan fingerprint density at radius 1 is 0.562 bits per heavy atom. The molecule has 0 aliphatic carbocycles. The van der Waals surface area contributed by atoms with Crippen LogP contribution in [0, 0.1) is 41.5 Å². The van der Waals surface area contributed by atoms with Crippen LogP contribution in [0.4, 0.5) is 11.4 Å². The zero-order valence-electron chi connectivity index (χ0n) is 47.8. The molecule has 80 heavy (non-hydrogen) atoms. The van der Waals surface area contributed by atoms with Gasteiger partial charge in [0.05, 0.1) is 59.2 Å². The lowest BCUT2D eigenvalue weighted by atomic mass is 9.88. The van der Waals surface area contributed by atoms with E-state index in [0.717, 1.165) is 50.8 Å². The van der Waals surface area contributed by atoms with Crippen molar-refractivity contribution in [3.05, 3.63) is 157 Å². The number of ether oxygens (including phenoxy) is 3. The van der Waals surface area contributed by atoms with Gasteiger partial charge in [0.2, 0.25) is 11.8 Å². The van der Waals surface area contributed by atoms with Gasteiger partial charge in [0.25, 0.3) is 0 Å². The number of benzene rings is 4. The largest absolute Gasteiger partial charge is 0.492 e. The summed E-state index contributed by atoms with van der Waals surface area (Å²) in [6, 6.07) is 26.1. The van der Waals surface area contributed by atoms with Gasteiger partial charge in [0.1, 0.15) is 11.6 Å². The Hall–Kier alpha value is -8.91. The Kier molecular flexibility index (Phi) is 15.4. The number of amides is 2. The molecule has 14 nitrogen and oxygen atoms in total. The predicted octanol–water partition coefficient (Wildman–Crippen LogP) is 12.2. The van der Waals surface area contributed by atoms with Crippen molar-refractivity contribution in [2.45, 2.75) is 107 Å². The number of rotatable bonds is 14. The number of hydrogen-bond donors (Lipinski definition) is 4. The molecule has 4 aromatic carbocycles. The van der Waals surface area contributed by atoms with Crippen LogP contribution >= 0.6 is 0 Å². The first kappa shape index (κ1) is 55.8. The number of aldehydes is 1. The van der Waals surface area contributed by atoms with Crippen molar-refractivity contribution in [3.8, 4) is 39.1 Å². The van der Waals surface area contributed by atoms with Gasteiger partial charge in [0.15, 0.2) is 5.75 Å². The minimum atomic E-state index is -0.773. The van der Waals surface area contributed by atoms with Gasteiger partial charge >= 0.3 is 11.9 Å². The van der Waals surface area contributed by atoms with Crippen LogP contribution in [-0.2, 0) is 29.9 Å². The maximum Gasteiger partial charge on any atom is 0.341 e. The fraction of sp³-hybridized carbons (Fsp3) is 0.288. The van der Waals surface area contributed by atoms with Crippen molar-refractivity contribution < 1.29 is 38.2 Å². The van der Waals surface area contributed by atoms with Crippen LogP contribution in [0.1, 0.15) is 130 Å². The molecule has 3 aromatic heterocycles. The number of aryl methyl sites for hydroxylation is 6. The Morgan fingerprint density at radius 3 is 1.51 bits per heavy atom. The topological polar surface area (TPSA) is 194 Å². The molecule has 9 rings (SSSR count). The van der Waals surface area contributed by atoms with Crippen molar-refractivity contribution in [2.75, 3.05) is 31.0 Å². The molecule has 0 saturated carbocycles. The van der Waals surface area contributed by atoms with Gasteiger partial charge in [-0.15, -0.1) is 0 Å². The average molecular weight is 1070 g/mol. The molecule has 5 heterocycles. The number of H-pyrrole nitrogens is 2. The molecule has 0 fully saturated rings. The first-order valence-electron chi connectivity index (χ1n) is 27.0. The number of aromatic amines is 2. The van der Waals surface area contributed by atoms with Gasteiger partial charge in [-0.05, 0) is 155 Å². The monoisotopic (exact) mass is 1070 g/mol. The number of methoxy groups -OCH3 is 1. The number of nitrogens with zero attached hydrogens (tertiary/aromatic N) is 2. The molecule has 0 unspecified atom stereocenters. The fourth-order valence-corrected chi connectivity index (χ4v) is 11.3. The van der Waals surface area contributed by atoms with Crippen LogP contribution in [0.3, 0.4) is 0 Å². The summed E-state index contributed by atoms with van der Waals surface area (Å²) in [4.78, 5) is 86.1. The van der Waals surface area contributed by atoms with E-state index < -0.39 is 28.7 Å². The minimum absolute atomic E-state index is 0.0960. The first-order chi connectivity index (χ1) is 38.0. The summed E-state index contributed by atoms with van der Waals surface area (Å²) in [5.74, 6) is -1.51. The van der Waals surface area contributed by atoms with Crippen molar-refractivity contribution >= 4 is 75.6 Å². The number of anilines is 2. The third-order valence-electron chi connectivity index (χ3n) is 14.7. The van der Waals surface area contributed by atoms with E-state index in [-0.39, 0.29) is 37.5 Å². The van der Waals surface area contributed by atoms with Crippen LogP contribution < -0.4 is 26.1 Å². The Bertz CT molecular complexity index is 3980. The molecule has 2 amide bonds. The van der Waals surface area contributed by atoms with Crippen molar-refractivity contribution in [1.82, 2.24) is 19.9 Å². The number of aromatic nitrogens is 4. The molecule has 410 valence electrons. The zero-order valence-corrected chi connectivity index (χ0v) is 47.8. The number of hydrogen-bond acceptors (Lipinski definition) is 10. The maximum absolute atomic E-state index is 15.2. The molecule has 0 atom stereocenters. The number of esters is 2. The smallest absolute Gasteiger partial charge is 0.341 e. The SMILES string of the molecule is CCOC(=O)c1c(-c2c(C)cc(C)cc2C)c2cc3nc(c(-c4cccc(NC(=O)CCC(=O)Nc5ccc(C=O)cc5)c4)c4[nH]c(cc5nc(c(OC)c1[nH]2)=CC5(C)C)c(-c1c(C)cc(C)cc1C)c4C(=O)OCC)=CC3(C)C. The molecule has 4 N–H and O–H groups in total. The Labute approximate surface area is 465 Å². The highest BCUT2D eigenvalue weighted by molar-refractivity contribution is 6.14. The van der Waals surface area contributed by atoms with Gasteiger partial charge in [-0.1, -0.05) is 75.2 Å². The standard InChI is InChI=1S/C66H68N6O8/c1-14-79-63(76)58-56(53-37(5)25-35(3)26-38(53)6)45-30-50-66(11,12)33-48(70-50)62(78-13)61-59(64(77)80-15-2)57(54-39(7)27-36(4)28-40(54)8)46(72-61)31-49-65(9,10)32-47(69-49)55(60(58)71-45)42-17-16-18-44(29-42)68-52(75)24-23-51(74)67-43-21-19-41(34-73)20-22-43/h16-22,25-34,71-72H,14-15,23-24H2,1-13H3,(H,67,74)(H,68,75). The zero-order chi connectivity index (χ0) is 57.5. The number of carbonyl (C=O) groups excluding carboxylic acids is 5. The third-order valence-corrected chi connectivity index (χ3v) is 14.7. The maximum atomic E-state index is 15.2. The van der Waals surface area contributed by atoms with Crippen LogP contribution in [0.5, 0.6) is 5.75 Å². The molecule has 2 aliphatic heterocycles. The lowest BCUT2D eigenvalue weighted by Gasteiger charge is -2.15. The summed E-state index contributed by atoms with van der Waals surface area (Å²) in [5.41, 5.74) is 13.8. The number of carbonyl (C=O) groups is 5. The third kappa shape index (κ3) is 10.8. The summed E-state index contributed by atoms with van der Waals surface area (Å²) in [7, 11) is 1.57. The number of fused-ring (bicyclic) bond motifs is 8. The molecule has 0 saturated heterocycles. The van der Waals surface area contributed by atoms with E-state index in [4.69, 9.17) is 24.2 Å². The van der Waals surface area contributed by atoms with Crippen LogP contribution in [-0.4, -0.2) is 70.3 Å². The van der Waals surface area contributed by atoms with Gasteiger partial charge in [-0.3, -0.25) is 19.4 Å². The van der Waals surface area contributed by atoms with Crippen LogP contribution in [0.2, 0.25) is 0 Å². The van der Waals surface area contributed by atoms with Crippen molar-refractivity contribution in [1.29, 1.82) is 0 Å². The van der Waals surface area contributed by atoms with Crippen molar-refractivity contribution in [3.63, 3.8) is 0 Å². The van der Waals surface area contributed by atoms with Gasteiger partial charge in [-0.25, -0.2) is 14.6 Å². The van der Waals surface area contributed by atoms with E-state index >= 15 is 4.79 Å². The lowest BCUT2D eigenvalue weighted by molar-refractivity contribution is -0.121. The average Bonchev–Trinajstić information content (AvgIpc) is 4.32. The van der Waals surface area contributed by atoms with E-state index in [1.54, 1.807) is 51.3 Å². The van der Waals surface area contributed by atoms with Crippen molar-refractivity contribution in [2.24, 2.45) is 0 Å². The van der Waals surface area contributed by atoms with E-state index in [1.807, 2.05) is 78.0 Å². The van der Waals surface area contributed by atoms with E-state index in [0.29, 0.717) is 94.7 Å². The van der Waals surface area contributed by atoms with Crippen LogP contribution in [0.15, 0.2) is 84.9 Å². The quantitative estimate of drug-likeness (QED) is 0.0601. The highest BCUT2D eigenvalue weighted by atomic mass is 16.5. The first-order valence-corrected chi connectivity index (χ1v) is 27.0. The summed E-state index contributed by atoms with van der Waals surface area (Å²) < 4.78 is 18.3. The summed E-state index contributed by atoms with van der Waals surface area (Å²) in [6.45, 7) is 24.3. The molecular weight excluding hydrogens is 1000 g/mol. The Morgan fingerprint density at radius 2 is 1.02 bits per heavy atom.